The first-order valence-electron chi connectivity index (χ1n) is 10.5. The van der Waals surface area contributed by atoms with Gasteiger partial charge in [-0.15, -0.1) is 11.3 Å². The molecule has 2 aromatic rings. The second-order valence-electron chi connectivity index (χ2n) is 8.14. The minimum Gasteiger partial charge on any atom is -0.350 e. The summed E-state index contributed by atoms with van der Waals surface area (Å²) in [5.41, 5.74) is 0.832. The molecule has 0 radical (unpaired) electrons. The fourth-order valence-corrected chi connectivity index (χ4v) is 5.08. The van der Waals surface area contributed by atoms with Gasteiger partial charge in [-0.2, -0.15) is 0 Å². The Hall–Kier alpha value is -2.67. The largest absolute Gasteiger partial charge is 0.350 e. The molecule has 1 atom stereocenters. The molecule has 4 rings (SSSR count). The number of hydrogen-bond donors (Lipinski definition) is 1. The molecule has 0 unspecified atom stereocenters. The summed E-state index contributed by atoms with van der Waals surface area (Å²) in [6.45, 7) is 2.25. The Kier molecular flexibility index (Phi) is 6.18. The predicted octanol–water partition coefficient (Wildman–Crippen LogP) is 2.70. The van der Waals surface area contributed by atoms with Gasteiger partial charge in [-0.1, -0.05) is 36.4 Å². The average Bonchev–Trinajstić information content (AvgIpc) is 3.43. The highest BCUT2D eigenvalue weighted by Crippen LogP contribution is 2.30. The number of rotatable bonds is 6. The lowest BCUT2D eigenvalue weighted by Gasteiger charge is -2.36. The topological polar surface area (TPSA) is 69.7 Å². The van der Waals surface area contributed by atoms with E-state index in [0.29, 0.717) is 45.4 Å². The van der Waals surface area contributed by atoms with Crippen LogP contribution in [0.5, 0.6) is 0 Å². The third kappa shape index (κ3) is 4.73. The fraction of sp³-hybridized carbons (Fsp3) is 0.435. The van der Waals surface area contributed by atoms with E-state index in [4.69, 9.17) is 0 Å². The monoisotopic (exact) mass is 425 g/mol. The lowest BCUT2D eigenvalue weighted by molar-refractivity contribution is -0.133. The van der Waals surface area contributed by atoms with Crippen LogP contribution in [0.15, 0.2) is 47.8 Å². The normalized spacial score (nSPS) is 21.5. The van der Waals surface area contributed by atoms with E-state index in [2.05, 4.69) is 17.4 Å². The van der Waals surface area contributed by atoms with E-state index < -0.39 is 0 Å². The van der Waals surface area contributed by atoms with Crippen LogP contribution >= 0.6 is 11.3 Å². The van der Waals surface area contributed by atoms with Crippen LogP contribution in [-0.4, -0.2) is 59.2 Å². The molecule has 2 saturated heterocycles. The number of amides is 3. The van der Waals surface area contributed by atoms with Gasteiger partial charge in [0.25, 0.3) is 5.91 Å². The van der Waals surface area contributed by atoms with Crippen LogP contribution in [-0.2, 0) is 16.0 Å². The van der Waals surface area contributed by atoms with Crippen molar-refractivity contribution in [1.82, 2.24) is 15.1 Å². The minimum atomic E-state index is -0.342. The molecule has 0 spiro atoms. The maximum absolute atomic E-state index is 12.8. The van der Waals surface area contributed by atoms with Gasteiger partial charge in [-0.3, -0.25) is 14.4 Å². The zero-order valence-electron chi connectivity index (χ0n) is 17.0. The summed E-state index contributed by atoms with van der Waals surface area (Å²) in [4.78, 5) is 41.7. The Bertz CT molecular complexity index is 892. The Balaban J connectivity index is 1.31. The number of nitrogens with one attached hydrogen (secondary N) is 1. The van der Waals surface area contributed by atoms with Crippen molar-refractivity contribution in [1.29, 1.82) is 0 Å². The molecule has 2 aliphatic rings. The van der Waals surface area contributed by atoms with E-state index in [1.807, 2.05) is 45.5 Å². The first kappa shape index (κ1) is 20.6. The summed E-state index contributed by atoms with van der Waals surface area (Å²) in [5, 5.41) is 5.05. The molecule has 0 aliphatic carbocycles. The predicted molar refractivity (Wildman–Crippen MR) is 116 cm³/mol. The molecule has 2 fully saturated rings. The maximum atomic E-state index is 12.8. The standard InChI is InChI=1S/C23H27N3O3S/c27-20-8-10-23(24-20,17-18-5-2-1-3-6-18)11-9-21(28)25-12-14-26(15-13-25)22(29)19-7-4-16-30-19/h1-7,16H,8-15,17H2,(H,24,27)/t23-/m1/s1. The van der Waals surface area contributed by atoms with E-state index in [1.54, 1.807) is 0 Å². The average molecular weight is 426 g/mol. The zero-order valence-corrected chi connectivity index (χ0v) is 17.8. The van der Waals surface area contributed by atoms with Crippen molar-refractivity contribution in [2.75, 3.05) is 26.2 Å². The Labute approximate surface area is 180 Å². The summed E-state index contributed by atoms with van der Waals surface area (Å²) in [6, 6.07) is 13.8. The SMILES string of the molecule is O=C1CC[C@@](CCC(=O)N2CCN(C(=O)c3cccs3)CC2)(Cc2ccccc2)N1. The van der Waals surface area contributed by atoms with Crippen molar-refractivity contribution in [2.24, 2.45) is 0 Å². The zero-order chi connectivity index (χ0) is 21.0. The molecule has 1 N–H and O–H groups in total. The molecular formula is C23H27N3O3S. The summed E-state index contributed by atoms with van der Waals surface area (Å²) in [6.07, 6.45) is 3.07. The highest BCUT2D eigenvalue weighted by atomic mass is 32.1. The van der Waals surface area contributed by atoms with Crippen molar-refractivity contribution in [2.45, 2.75) is 37.6 Å². The lowest BCUT2D eigenvalue weighted by atomic mass is 9.85. The Morgan fingerprint density at radius 2 is 1.73 bits per heavy atom. The van der Waals surface area contributed by atoms with Gasteiger partial charge < -0.3 is 15.1 Å². The summed E-state index contributed by atoms with van der Waals surface area (Å²) < 4.78 is 0. The molecule has 3 heterocycles. The van der Waals surface area contributed by atoms with Crippen LogP contribution in [0.3, 0.4) is 0 Å². The second kappa shape index (κ2) is 9.00. The molecular weight excluding hydrogens is 398 g/mol. The summed E-state index contributed by atoms with van der Waals surface area (Å²) in [5.74, 6) is 0.221. The highest BCUT2D eigenvalue weighted by molar-refractivity contribution is 7.12. The second-order valence-corrected chi connectivity index (χ2v) is 9.09. The number of hydrogen-bond acceptors (Lipinski definition) is 4. The van der Waals surface area contributed by atoms with Crippen molar-refractivity contribution in [3.63, 3.8) is 0 Å². The van der Waals surface area contributed by atoms with E-state index in [-0.39, 0.29) is 23.3 Å². The van der Waals surface area contributed by atoms with Crippen molar-refractivity contribution in [3.05, 3.63) is 58.3 Å². The molecule has 6 nitrogen and oxygen atoms in total. The van der Waals surface area contributed by atoms with E-state index >= 15 is 0 Å². The van der Waals surface area contributed by atoms with Crippen LogP contribution in [0.4, 0.5) is 0 Å². The Morgan fingerprint density at radius 1 is 1.00 bits per heavy atom. The molecule has 2 aliphatic heterocycles. The number of thiophene rings is 1. The van der Waals surface area contributed by atoms with Gasteiger partial charge in [0.2, 0.25) is 11.8 Å². The van der Waals surface area contributed by atoms with Crippen LogP contribution in [0.25, 0.3) is 0 Å². The highest BCUT2D eigenvalue weighted by Gasteiger charge is 2.38. The smallest absolute Gasteiger partial charge is 0.264 e. The number of carbonyl (C=O) groups excluding carboxylic acids is 3. The number of nitrogens with zero attached hydrogens (tertiary/aromatic N) is 2. The molecule has 0 saturated carbocycles. The van der Waals surface area contributed by atoms with Gasteiger partial charge in [-0.25, -0.2) is 0 Å². The number of carbonyl (C=O) groups is 3. The molecule has 3 amide bonds. The first-order chi connectivity index (χ1) is 14.5. The van der Waals surface area contributed by atoms with Gasteiger partial charge in [-0.05, 0) is 36.3 Å². The van der Waals surface area contributed by atoms with Gasteiger partial charge >= 0.3 is 0 Å². The van der Waals surface area contributed by atoms with E-state index in [9.17, 15) is 14.4 Å². The third-order valence-corrected chi connectivity index (χ3v) is 6.95. The summed E-state index contributed by atoms with van der Waals surface area (Å²) >= 11 is 1.45. The maximum Gasteiger partial charge on any atom is 0.264 e. The number of piperazine rings is 1. The van der Waals surface area contributed by atoms with Crippen LogP contribution in [0.1, 0.15) is 40.9 Å². The van der Waals surface area contributed by atoms with E-state index in [0.717, 1.165) is 17.7 Å². The first-order valence-corrected chi connectivity index (χ1v) is 11.4. The van der Waals surface area contributed by atoms with Gasteiger partial charge in [0.1, 0.15) is 0 Å². The molecule has 0 bridgehead atoms. The fourth-order valence-electron chi connectivity index (χ4n) is 4.39. The Morgan fingerprint density at radius 3 is 2.37 bits per heavy atom. The summed E-state index contributed by atoms with van der Waals surface area (Å²) in [7, 11) is 0. The number of benzene rings is 1. The third-order valence-electron chi connectivity index (χ3n) is 6.09. The van der Waals surface area contributed by atoms with Crippen molar-refractivity contribution in [3.8, 4) is 0 Å². The van der Waals surface area contributed by atoms with Gasteiger partial charge in [0.05, 0.1) is 4.88 Å². The minimum absolute atomic E-state index is 0.0487. The van der Waals surface area contributed by atoms with Crippen LogP contribution in [0.2, 0.25) is 0 Å². The molecule has 1 aromatic carbocycles. The van der Waals surface area contributed by atoms with Gasteiger partial charge in [0, 0.05) is 44.6 Å². The molecule has 1 aromatic heterocycles. The van der Waals surface area contributed by atoms with Gasteiger partial charge in [0.15, 0.2) is 0 Å². The van der Waals surface area contributed by atoms with E-state index in [1.165, 1.54) is 16.9 Å². The van der Waals surface area contributed by atoms with Crippen LogP contribution < -0.4 is 5.32 Å². The quantitative estimate of drug-likeness (QED) is 0.774. The van der Waals surface area contributed by atoms with Crippen LogP contribution in [0, 0.1) is 0 Å². The van der Waals surface area contributed by atoms with Crippen molar-refractivity contribution < 1.29 is 14.4 Å². The molecule has 158 valence electrons. The molecule has 30 heavy (non-hydrogen) atoms. The van der Waals surface area contributed by atoms with Crippen molar-refractivity contribution >= 4 is 29.1 Å². The molecule has 7 heteroatoms. The lowest BCUT2D eigenvalue weighted by Crippen LogP contribution is -2.51.